The summed E-state index contributed by atoms with van der Waals surface area (Å²) in [6.07, 6.45) is 0. The van der Waals surface area contributed by atoms with Gasteiger partial charge in [0.2, 0.25) is 0 Å². The lowest BCUT2D eigenvalue weighted by Gasteiger charge is -2.36. The predicted molar refractivity (Wildman–Crippen MR) is 80.2 cm³/mol. The number of hydrogen-bond donors (Lipinski definition) is 1. The quantitative estimate of drug-likeness (QED) is 0.882. The van der Waals surface area contributed by atoms with E-state index in [1.807, 2.05) is 6.07 Å². The number of hydrogen-bond acceptors (Lipinski definition) is 5. The molecule has 1 N–H and O–H groups in total. The number of fused-ring (bicyclic) bond motifs is 1. The van der Waals surface area contributed by atoms with Crippen LogP contribution in [0.2, 0.25) is 0 Å². The van der Waals surface area contributed by atoms with Gasteiger partial charge < -0.3 is 14.8 Å². The third kappa shape index (κ3) is 2.20. The fraction of sp³-hybridized carbons (Fsp3) is 0.176. The first-order valence-electron chi connectivity index (χ1n) is 7.00. The van der Waals surface area contributed by atoms with Gasteiger partial charge >= 0.3 is 17.7 Å². The molecule has 5 nitrogen and oxygen atoms in total. The van der Waals surface area contributed by atoms with Crippen molar-refractivity contribution in [2.24, 2.45) is 0 Å². The molecule has 2 aromatic carbocycles. The summed E-state index contributed by atoms with van der Waals surface area (Å²) in [6, 6.07) is 15.7. The molecule has 22 heavy (non-hydrogen) atoms. The van der Waals surface area contributed by atoms with Crippen LogP contribution in [0.4, 0.5) is 5.69 Å². The lowest BCUT2D eigenvalue weighted by atomic mass is 9.99. The molecule has 1 aliphatic rings. The number of carbonyl (C=O) groups excluding carboxylic acids is 2. The molecule has 0 amide bonds. The number of anilines is 1. The molecule has 0 aliphatic carbocycles. The zero-order chi connectivity index (χ0) is 15.6. The first-order valence-corrected chi connectivity index (χ1v) is 7.00. The Kier molecular flexibility index (Phi) is 3.55. The van der Waals surface area contributed by atoms with Gasteiger partial charge in [0.1, 0.15) is 0 Å². The number of ether oxygens (including phenoxy) is 2. The molecule has 0 saturated heterocycles. The second-order valence-electron chi connectivity index (χ2n) is 4.83. The Hall–Kier alpha value is -2.82. The van der Waals surface area contributed by atoms with Crippen LogP contribution >= 0.6 is 0 Å². The maximum atomic E-state index is 12.5. The van der Waals surface area contributed by atoms with E-state index < -0.39 is 17.7 Å². The lowest BCUT2D eigenvalue weighted by Crippen LogP contribution is -2.51. The first-order chi connectivity index (χ1) is 10.7. The van der Waals surface area contributed by atoms with E-state index in [1.54, 1.807) is 55.5 Å². The zero-order valence-electron chi connectivity index (χ0n) is 12.0. The first kappa shape index (κ1) is 14.1. The van der Waals surface area contributed by atoms with Gasteiger partial charge in [-0.25, -0.2) is 9.59 Å². The summed E-state index contributed by atoms with van der Waals surface area (Å²) in [4.78, 5) is 24.8. The van der Waals surface area contributed by atoms with E-state index in [0.29, 0.717) is 16.8 Å². The summed E-state index contributed by atoms with van der Waals surface area (Å²) in [5.74, 6) is -1.21. The molecular weight excluding hydrogens is 282 g/mol. The summed E-state index contributed by atoms with van der Waals surface area (Å²) in [5.41, 5.74) is -0.229. The maximum Gasteiger partial charge on any atom is 0.377 e. The van der Waals surface area contributed by atoms with Gasteiger partial charge in [-0.3, -0.25) is 0 Å². The fourth-order valence-corrected chi connectivity index (χ4v) is 2.43. The van der Waals surface area contributed by atoms with Crippen molar-refractivity contribution in [2.75, 3.05) is 11.9 Å². The van der Waals surface area contributed by atoms with Crippen molar-refractivity contribution in [1.29, 1.82) is 0 Å². The van der Waals surface area contributed by atoms with Crippen LogP contribution < -0.4 is 5.32 Å². The largest absolute Gasteiger partial charge is 0.461 e. The smallest absolute Gasteiger partial charge is 0.377 e. The summed E-state index contributed by atoms with van der Waals surface area (Å²) in [6.45, 7) is 1.89. The second-order valence-corrected chi connectivity index (χ2v) is 4.83. The van der Waals surface area contributed by atoms with Crippen molar-refractivity contribution in [2.45, 2.75) is 12.6 Å². The molecule has 5 heteroatoms. The minimum Gasteiger partial charge on any atom is -0.461 e. The molecular formula is C17H15NO4. The SMILES string of the molecule is CCOC(=O)[C@@]1(c2ccccc2)Nc2ccccc2C(=O)O1. The van der Waals surface area contributed by atoms with Gasteiger partial charge in [0.15, 0.2) is 0 Å². The molecule has 3 rings (SSSR count). The van der Waals surface area contributed by atoms with Crippen molar-refractivity contribution < 1.29 is 19.1 Å². The Morgan fingerprint density at radius 1 is 1.14 bits per heavy atom. The summed E-state index contributed by atoms with van der Waals surface area (Å²) >= 11 is 0. The average Bonchev–Trinajstić information content (AvgIpc) is 2.56. The maximum absolute atomic E-state index is 12.5. The van der Waals surface area contributed by atoms with Crippen molar-refractivity contribution in [3.05, 3.63) is 65.7 Å². The van der Waals surface area contributed by atoms with E-state index in [4.69, 9.17) is 9.47 Å². The predicted octanol–water partition coefficient (Wildman–Crippen LogP) is 2.69. The normalized spacial score (nSPS) is 19.6. The number of esters is 2. The van der Waals surface area contributed by atoms with E-state index in [-0.39, 0.29) is 6.61 Å². The van der Waals surface area contributed by atoms with E-state index in [9.17, 15) is 9.59 Å². The Labute approximate surface area is 127 Å². The second kappa shape index (κ2) is 5.52. The van der Waals surface area contributed by atoms with Crippen LogP contribution in [0.5, 0.6) is 0 Å². The van der Waals surface area contributed by atoms with Gasteiger partial charge in [0, 0.05) is 5.56 Å². The molecule has 0 fully saturated rings. The number of benzene rings is 2. The molecule has 0 aromatic heterocycles. The van der Waals surface area contributed by atoms with Crippen molar-refractivity contribution in [3.8, 4) is 0 Å². The molecule has 112 valence electrons. The van der Waals surface area contributed by atoms with Crippen molar-refractivity contribution in [3.63, 3.8) is 0 Å². The molecule has 0 unspecified atom stereocenters. The van der Waals surface area contributed by atoms with Gasteiger partial charge in [-0.05, 0) is 19.1 Å². The van der Waals surface area contributed by atoms with Gasteiger partial charge in [-0.2, -0.15) is 0 Å². The monoisotopic (exact) mass is 297 g/mol. The molecule has 1 aliphatic heterocycles. The van der Waals surface area contributed by atoms with Crippen LogP contribution in [0, 0.1) is 0 Å². The topological polar surface area (TPSA) is 64.6 Å². The Morgan fingerprint density at radius 2 is 1.82 bits per heavy atom. The summed E-state index contributed by atoms with van der Waals surface area (Å²) in [5, 5.41) is 3.02. The van der Waals surface area contributed by atoms with E-state index in [2.05, 4.69) is 5.32 Å². The Bertz CT molecular complexity index is 714. The number of rotatable bonds is 3. The average molecular weight is 297 g/mol. The highest BCUT2D eigenvalue weighted by Gasteiger charge is 2.49. The van der Waals surface area contributed by atoms with Crippen LogP contribution in [0.3, 0.4) is 0 Å². The van der Waals surface area contributed by atoms with Gasteiger partial charge in [0.05, 0.1) is 17.9 Å². The molecule has 1 atom stereocenters. The minimum absolute atomic E-state index is 0.189. The summed E-state index contributed by atoms with van der Waals surface area (Å²) < 4.78 is 10.6. The molecule has 0 saturated carbocycles. The number of carbonyl (C=O) groups is 2. The fourth-order valence-electron chi connectivity index (χ4n) is 2.43. The molecule has 2 aromatic rings. The highest BCUT2D eigenvalue weighted by atomic mass is 16.6. The standard InChI is InChI=1S/C17H15NO4/c1-2-21-16(20)17(12-8-4-3-5-9-12)18-14-11-7-6-10-13(14)15(19)22-17/h3-11,18H,2H2,1H3/t17-/m0/s1. The van der Waals surface area contributed by atoms with E-state index in [0.717, 1.165) is 0 Å². The Morgan fingerprint density at radius 3 is 2.55 bits per heavy atom. The Balaban J connectivity index is 2.13. The van der Waals surface area contributed by atoms with E-state index in [1.165, 1.54) is 0 Å². The third-order valence-corrected chi connectivity index (χ3v) is 3.45. The minimum atomic E-state index is -1.66. The van der Waals surface area contributed by atoms with Crippen LogP contribution in [0.15, 0.2) is 54.6 Å². The third-order valence-electron chi connectivity index (χ3n) is 3.45. The van der Waals surface area contributed by atoms with Crippen molar-refractivity contribution in [1.82, 2.24) is 0 Å². The molecule has 0 bridgehead atoms. The van der Waals surface area contributed by atoms with E-state index >= 15 is 0 Å². The number of nitrogens with one attached hydrogen (secondary N) is 1. The molecule has 1 heterocycles. The van der Waals surface area contributed by atoms with Crippen LogP contribution in [0.25, 0.3) is 0 Å². The number of cyclic esters (lactones) is 1. The highest BCUT2D eigenvalue weighted by molar-refractivity contribution is 6.02. The van der Waals surface area contributed by atoms with Crippen LogP contribution in [-0.2, 0) is 20.0 Å². The van der Waals surface area contributed by atoms with Crippen LogP contribution in [0.1, 0.15) is 22.8 Å². The zero-order valence-corrected chi connectivity index (χ0v) is 12.0. The number of para-hydroxylation sites is 1. The molecule has 0 spiro atoms. The highest BCUT2D eigenvalue weighted by Crippen LogP contribution is 2.36. The van der Waals surface area contributed by atoms with Crippen molar-refractivity contribution >= 4 is 17.6 Å². The van der Waals surface area contributed by atoms with Gasteiger partial charge in [-0.1, -0.05) is 42.5 Å². The summed E-state index contributed by atoms with van der Waals surface area (Å²) in [7, 11) is 0. The van der Waals surface area contributed by atoms with Gasteiger partial charge in [-0.15, -0.1) is 0 Å². The van der Waals surface area contributed by atoms with Crippen LogP contribution in [-0.4, -0.2) is 18.5 Å². The van der Waals surface area contributed by atoms with Gasteiger partial charge in [0.25, 0.3) is 0 Å². The molecule has 0 radical (unpaired) electrons. The lowest BCUT2D eigenvalue weighted by molar-refractivity contribution is -0.164.